The Morgan fingerprint density at radius 3 is 2.94 bits per heavy atom. The molecule has 0 N–H and O–H groups in total. The predicted molar refractivity (Wildman–Crippen MR) is 67.9 cm³/mol. The number of amides is 1. The summed E-state index contributed by atoms with van der Waals surface area (Å²) in [6.07, 6.45) is 0.326. The van der Waals surface area contributed by atoms with Crippen LogP contribution in [0.5, 0.6) is 0 Å². The van der Waals surface area contributed by atoms with Crippen LogP contribution in [0.3, 0.4) is 0 Å². The fraction of sp³-hybridized carbons (Fsp3) is 0.308. The van der Waals surface area contributed by atoms with Gasteiger partial charge in [0.2, 0.25) is 0 Å². The Morgan fingerprint density at radius 1 is 1.50 bits per heavy atom. The quantitative estimate of drug-likeness (QED) is 0.820. The van der Waals surface area contributed by atoms with Crippen LogP contribution in [-0.4, -0.2) is 34.2 Å². The molecule has 18 heavy (non-hydrogen) atoms. The van der Waals surface area contributed by atoms with Crippen molar-refractivity contribution in [3.63, 3.8) is 0 Å². The van der Waals surface area contributed by atoms with E-state index in [9.17, 15) is 4.79 Å². The molecule has 92 valence electrons. The molecule has 0 radical (unpaired) electrons. The first-order valence-electron chi connectivity index (χ1n) is 5.69. The number of aryl methyl sites for hydroxylation is 1. The molecule has 0 saturated heterocycles. The van der Waals surface area contributed by atoms with Crippen molar-refractivity contribution < 1.29 is 4.79 Å². The third-order valence-corrected chi connectivity index (χ3v) is 2.87. The highest BCUT2D eigenvalue weighted by molar-refractivity contribution is 6.04. The van der Waals surface area contributed by atoms with E-state index in [1.807, 2.05) is 37.4 Å². The SMILES string of the molecule is CN(CCC#N)C(=O)c1nn(C)c2ccccc12. The lowest BCUT2D eigenvalue weighted by atomic mass is 10.2. The van der Waals surface area contributed by atoms with Gasteiger partial charge in [-0.1, -0.05) is 18.2 Å². The van der Waals surface area contributed by atoms with Gasteiger partial charge in [-0.3, -0.25) is 9.48 Å². The average Bonchev–Trinajstić information content (AvgIpc) is 2.73. The van der Waals surface area contributed by atoms with Crippen LogP contribution >= 0.6 is 0 Å². The standard InChI is InChI=1S/C13H14N4O/c1-16(9-5-8-14)13(18)12-10-6-3-4-7-11(10)17(2)15-12/h3-4,6-7H,5,9H2,1-2H3. The van der Waals surface area contributed by atoms with Crippen LogP contribution in [0.4, 0.5) is 0 Å². The summed E-state index contributed by atoms with van der Waals surface area (Å²) in [4.78, 5) is 13.7. The third-order valence-electron chi connectivity index (χ3n) is 2.87. The maximum absolute atomic E-state index is 12.2. The zero-order valence-electron chi connectivity index (χ0n) is 10.4. The first-order chi connectivity index (χ1) is 8.65. The van der Waals surface area contributed by atoms with Gasteiger partial charge in [-0.15, -0.1) is 0 Å². The monoisotopic (exact) mass is 242 g/mol. The van der Waals surface area contributed by atoms with Crippen molar-refractivity contribution in [1.29, 1.82) is 5.26 Å². The fourth-order valence-electron chi connectivity index (χ4n) is 1.87. The van der Waals surface area contributed by atoms with Gasteiger partial charge in [0.05, 0.1) is 18.0 Å². The molecule has 0 aliphatic carbocycles. The van der Waals surface area contributed by atoms with E-state index in [2.05, 4.69) is 5.10 Å². The smallest absolute Gasteiger partial charge is 0.274 e. The van der Waals surface area contributed by atoms with E-state index in [-0.39, 0.29) is 5.91 Å². The zero-order chi connectivity index (χ0) is 13.1. The lowest BCUT2D eigenvalue weighted by molar-refractivity contribution is 0.0793. The topological polar surface area (TPSA) is 61.9 Å². The van der Waals surface area contributed by atoms with Crippen LogP contribution in [0.15, 0.2) is 24.3 Å². The van der Waals surface area contributed by atoms with E-state index >= 15 is 0 Å². The highest BCUT2D eigenvalue weighted by atomic mass is 16.2. The van der Waals surface area contributed by atoms with Gasteiger partial charge in [-0.05, 0) is 6.07 Å². The summed E-state index contributed by atoms with van der Waals surface area (Å²) in [5.74, 6) is -0.151. The number of carbonyl (C=O) groups excluding carboxylic acids is 1. The van der Waals surface area contributed by atoms with Crippen LogP contribution < -0.4 is 0 Å². The molecule has 0 aliphatic heterocycles. The molecule has 1 aromatic heterocycles. The minimum Gasteiger partial charge on any atom is -0.339 e. The number of para-hydroxylation sites is 1. The van der Waals surface area contributed by atoms with Crippen molar-refractivity contribution in [3.8, 4) is 6.07 Å². The molecule has 0 bridgehead atoms. The maximum atomic E-state index is 12.2. The van der Waals surface area contributed by atoms with E-state index < -0.39 is 0 Å². The van der Waals surface area contributed by atoms with Crippen LogP contribution in [0.2, 0.25) is 0 Å². The molecule has 0 atom stereocenters. The molecule has 2 rings (SSSR count). The first-order valence-corrected chi connectivity index (χ1v) is 5.69. The largest absolute Gasteiger partial charge is 0.339 e. The highest BCUT2D eigenvalue weighted by Crippen LogP contribution is 2.18. The summed E-state index contributed by atoms with van der Waals surface area (Å²) in [5, 5.41) is 13.6. The van der Waals surface area contributed by atoms with Crippen molar-refractivity contribution in [1.82, 2.24) is 14.7 Å². The molecule has 0 spiro atoms. The number of aromatic nitrogens is 2. The average molecular weight is 242 g/mol. The van der Waals surface area contributed by atoms with Gasteiger partial charge < -0.3 is 4.90 Å². The fourth-order valence-corrected chi connectivity index (χ4v) is 1.87. The van der Waals surface area contributed by atoms with Crippen molar-refractivity contribution >= 4 is 16.8 Å². The Labute approximate surface area is 105 Å². The number of hydrogen-bond acceptors (Lipinski definition) is 3. The van der Waals surface area contributed by atoms with Crippen LogP contribution in [0.1, 0.15) is 16.9 Å². The third kappa shape index (κ3) is 2.05. The number of carbonyl (C=O) groups is 1. The summed E-state index contributed by atoms with van der Waals surface area (Å²) in [7, 11) is 3.50. The van der Waals surface area contributed by atoms with E-state index in [0.29, 0.717) is 18.7 Å². The first kappa shape index (κ1) is 12.1. The zero-order valence-corrected chi connectivity index (χ0v) is 10.4. The predicted octanol–water partition coefficient (Wildman–Crippen LogP) is 1.56. The summed E-state index contributed by atoms with van der Waals surface area (Å²) in [6, 6.07) is 9.63. The molecule has 0 unspecified atom stereocenters. The van der Waals surface area contributed by atoms with E-state index in [1.54, 1.807) is 11.7 Å². The summed E-state index contributed by atoms with van der Waals surface area (Å²) in [6.45, 7) is 0.417. The van der Waals surface area contributed by atoms with E-state index in [0.717, 1.165) is 10.9 Å². The highest BCUT2D eigenvalue weighted by Gasteiger charge is 2.18. The van der Waals surface area contributed by atoms with Crippen molar-refractivity contribution in [3.05, 3.63) is 30.0 Å². The number of benzene rings is 1. The van der Waals surface area contributed by atoms with Gasteiger partial charge in [0.15, 0.2) is 5.69 Å². The van der Waals surface area contributed by atoms with Gasteiger partial charge in [0.1, 0.15) is 0 Å². The van der Waals surface area contributed by atoms with E-state index in [1.165, 1.54) is 4.90 Å². The van der Waals surface area contributed by atoms with Crippen LogP contribution in [-0.2, 0) is 7.05 Å². The Hall–Kier alpha value is -2.35. The number of hydrogen-bond donors (Lipinski definition) is 0. The Balaban J connectivity index is 2.37. The molecular weight excluding hydrogens is 228 g/mol. The van der Waals surface area contributed by atoms with Crippen molar-refractivity contribution in [2.45, 2.75) is 6.42 Å². The normalized spacial score (nSPS) is 10.3. The molecule has 1 aromatic carbocycles. The maximum Gasteiger partial charge on any atom is 0.274 e. The number of nitriles is 1. The Bertz CT molecular complexity index is 623. The molecule has 1 heterocycles. The minimum absolute atomic E-state index is 0.151. The lowest BCUT2D eigenvalue weighted by Gasteiger charge is -2.13. The second-order valence-electron chi connectivity index (χ2n) is 4.12. The van der Waals surface area contributed by atoms with Crippen LogP contribution in [0.25, 0.3) is 10.9 Å². The van der Waals surface area contributed by atoms with Gasteiger partial charge in [-0.2, -0.15) is 10.4 Å². The minimum atomic E-state index is -0.151. The van der Waals surface area contributed by atoms with Crippen molar-refractivity contribution in [2.24, 2.45) is 7.05 Å². The molecule has 0 fully saturated rings. The molecule has 1 amide bonds. The van der Waals surface area contributed by atoms with Gasteiger partial charge >= 0.3 is 0 Å². The second-order valence-corrected chi connectivity index (χ2v) is 4.12. The van der Waals surface area contributed by atoms with Crippen LogP contribution in [0, 0.1) is 11.3 Å². The second kappa shape index (κ2) is 4.88. The molecular formula is C13H14N4O. The number of fused-ring (bicyclic) bond motifs is 1. The number of rotatable bonds is 3. The molecule has 0 saturated carbocycles. The lowest BCUT2D eigenvalue weighted by Crippen LogP contribution is -2.28. The summed E-state index contributed by atoms with van der Waals surface area (Å²) >= 11 is 0. The molecule has 0 aliphatic rings. The van der Waals surface area contributed by atoms with Gasteiger partial charge in [-0.25, -0.2) is 0 Å². The Kier molecular flexibility index (Phi) is 3.28. The van der Waals surface area contributed by atoms with Crippen molar-refractivity contribution in [2.75, 3.05) is 13.6 Å². The molecule has 2 aromatic rings. The molecule has 5 heteroatoms. The Morgan fingerprint density at radius 2 is 2.22 bits per heavy atom. The molecule has 5 nitrogen and oxygen atoms in total. The number of nitrogens with zero attached hydrogens (tertiary/aromatic N) is 4. The summed E-state index contributed by atoms with van der Waals surface area (Å²) in [5.41, 5.74) is 1.36. The van der Waals surface area contributed by atoms with Gasteiger partial charge in [0.25, 0.3) is 5.91 Å². The van der Waals surface area contributed by atoms with Gasteiger partial charge in [0, 0.05) is 26.0 Å². The van der Waals surface area contributed by atoms with E-state index in [4.69, 9.17) is 5.26 Å². The summed E-state index contributed by atoms with van der Waals surface area (Å²) < 4.78 is 1.70.